The van der Waals surface area contributed by atoms with Gasteiger partial charge in [-0.2, -0.15) is 0 Å². The maximum Gasteiger partial charge on any atom is 0.135 e. The Hall–Kier alpha value is -2.18. The van der Waals surface area contributed by atoms with Gasteiger partial charge in [0.2, 0.25) is 0 Å². The predicted octanol–water partition coefficient (Wildman–Crippen LogP) is 3.26. The first-order chi connectivity index (χ1) is 9.83. The van der Waals surface area contributed by atoms with Crippen LogP contribution < -0.4 is 9.47 Å². The lowest BCUT2D eigenvalue weighted by Gasteiger charge is -2.09. The van der Waals surface area contributed by atoms with Crippen LogP contribution in [0.25, 0.3) is 0 Å². The van der Waals surface area contributed by atoms with Crippen LogP contribution in [-0.4, -0.2) is 18.0 Å². The first-order valence-electron chi connectivity index (χ1n) is 6.09. The second kappa shape index (κ2) is 7.42. The Bertz CT molecular complexity index is 617. The van der Waals surface area contributed by atoms with Crippen molar-refractivity contribution < 1.29 is 9.47 Å². The number of benzene rings is 1. The molecule has 1 aromatic heterocycles. The van der Waals surface area contributed by atoms with Gasteiger partial charge in [0.25, 0.3) is 0 Å². The summed E-state index contributed by atoms with van der Waals surface area (Å²) in [5.41, 5.74) is 1.61. The third-order valence-corrected chi connectivity index (χ3v) is 2.71. The fourth-order valence-corrected chi connectivity index (χ4v) is 1.69. The van der Waals surface area contributed by atoms with Gasteiger partial charge in [-0.25, -0.2) is 0 Å². The quantitative estimate of drug-likeness (QED) is 0.639. The highest BCUT2D eigenvalue weighted by Gasteiger charge is 2.04. The lowest BCUT2D eigenvalue weighted by Crippen LogP contribution is -1.99. The minimum absolute atomic E-state index is 0.275. The largest absolute Gasteiger partial charge is 0.497 e. The summed E-state index contributed by atoms with van der Waals surface area (Å²) in [6, 6.07) is 11.2. The van der Waals surface area contributed by atoms with Crippen molar-refractivity contribution in [2.24, 2.45) is 0 Å². The molecule has 0 amide bonds. The van der Waals surface area contributed by atoms with E-state index in [9.17, 15) is 0 Å². The van der Waals surface area contributed by atoms with Crippen LogP contribution in [-0.2, 0) is 6.61 Å². The van der Waals surface area contributed by atoms with Crippen molar-refractivity contribution in [1.29, 1.82) is 0 Å². The molecule has 0 unspecified atom stereocenters. The molecule has 0 bridgehead atoms. The van der Waals surface area contributed by atoms with Crippen LogP contribution in [0.1, 0.15) is 11.3 Å². The van der Waals surface area contributed by atoms with E-state index in [1.807, 2.05) is 36.4 Å². The molecule has 4 heteroatoms. The summed E-state index contributed by atoms with van der Waals surface area (Å²) in [5, 5.41) is 0. The molecule has 0 aliphatic rings. The van der Waals surface area contributed by atoms with Gasteiger partial charge in [0.15, 0.2) is 0 Å². The number of nitrogens with zero attached hydrogens (tertiary/aromatic N) is 1. The van der Waals surface area contributed by atoms with E-state index in [4.69, 9.17) is 21.1 Å². The van der Waals surface area contributed by atoms with Crippen LogP contribution in [0, 0.1) is 11.8 Å². The number of ether oxygens (including phenoxy) is 2. The van der Waals surface area contributed by atoms with E-state index in [0.29, 0.717) is 12.4 Å². The van der Waals surface area contributed by atoms with E-state index in [0.717, 1.165) is 17.0 Å². The minimum atomic E-state index is 0.275. The first-order valence-corrected chi connectivity index (χ1v) is 6.62. The van der Waals surface area contributed by atoms with Gasteiger partial charge in [-0.05, 0) is 30.3 Å². The lowest BCUT2D eigenvalue weighted by molar-refractivity contribution is 0.300. The number of rotatable bonds is 4. The van der Waals surface area contributed by atoms with Gasteiger partial charge in [-0.1, -0.05) is 17.9 Å². The maximum absolute atomic E-state index is 5.76. The molecule has 0 saturated heterocycles. The van der Waals surface area contributed by atoms with Crippen LogP contribution in [0.5, 0.6) is 11.5 Å². The van der Waals surface area contributed by atoms with Gasteiger partial charge in [0.1, 0.15) is 18.1 Å². The Morgan fingerprint density at radius 1 is 1.25 bits per heavy atom. The SMILES string of the molecule is COc1ccc(OCc2ccccn2)c(C#CCCl)c1. The molecular weight excluding hydrogens is 274 g/mol. The zero-order chi connectivity index (χ0) is 14.2. The van der Waals surface area contributed by atoms with E-state index in [1.54, 1.807) is 13.3 Å². The molecule has 0 saturated carbocycles. The van der Waals surface area contributed by atoms with Crippen molar-refractivity contribution in [1.82, 2.24) is 4.98 Å². The summed E-state index contributed by atoms with van der Waals surface area (Å²) >= 11 is 5.59. The average molecular weight is 288 g/mol. The van der Waals surface area contributed by atoms with E-state index >= 15 is 0 Å². The summed E-state index contributed by atoms with van der Waals surface area (Å²) in [4.78, 5) is 4.21. The molecule has 1 aromatic carbocycles. The number of hydrogen-bond donors (Lipinski definition) is 0. The molecule has 1 heterocycles. The molecule has 2 rings (SSSR count). The number of alkyl halides is 1. The molecule has 102 valence electrons. The third-order valence-electron chi connectivity index (χ3n) is 2.58. The van der Waals surface area contributed by atoms with E-state index in [1.165, 1.54) is 0 Å². The highest BCUT2D eigenvalue weighted by Crippen LogP contribution is 2.24. The van der Waals surface area contributed by atoms with Crippen molar-refractivity contribution >= 4 is 11.6 Å². The summed E-state index contributed by atoms with van der Waals surface area (Å²) in [5.74, 6) is 7.48. The van der Waals surface area contributed by atoms with Gasteiger partial charge in [0, 0.05) is 6.20 Å². The maximum atomic E-state index is 5.76. The smallest absolute Gasteiger partial charge is 0.135 e. The Morgan fingerprint density at radius 3 is 2.85 bits per heavy atom. The molecule has 0 atom stereocenters. The fourth-order valence-electron chi connectivity index (χ4n) is 1.62. The van der Waals surface area contributed by atoms with Crippen LogP contribution in [0.15, 0.2) is 42.6 Å². The fraction of sp³-hybridized carbons (Fsp3) is 0.188. The Kier molecular flexibility index (Phi) is 5.28. The zero-order valence-corrected chi connectivity index (χ0v) is 11.9. The molecule has 0 aliphatic heterocycles. The number of pyridine rings is 1. The van der Waals surface area contributed by atoms with Gasteiger partial charge >= 0.3 is 0 Å². The van der Waals surface area contributed by atoms with Crippen LogP contribution in [0.2, 0.25) is 0 Å². The molecule has 0 aliphatic carbocycles. The summed E-state index contributed by atoms with van der Waals surface area (Å²) < 4.78 is 10.9. The summed E-state index contributed by atoms with van der Waals surface area (Å²) in [6.07, 6.45) is 1.74. The minimum Gasteiger partial charge on any atom is -0.497 e. The molecule has 0 N–H and O–H groups in total. The molecule has 0 radical (unpaired) electrons. The molecule has 0 fully saturated rings. The molecule has 3 nitrogen and oxygen atoms in total. The summed E-state index contributed by atoms with van der Waals surface area (Å²) in [6.45, 7) is 0.392. The van der Waals surface area contributed by atoms with Crippen molar-refractivity contribution in [2.75, 3.05) is 13.0 Å². The van der Waals surface area contributed by atoms with Crippen molar-refractivity contribution in [2.45, 2.75) is 6.61 Å². The average Bonchev–Trinajstić information content (AvgIpc) is 2.52. The highest BCUT2D eigenvalue weighted by molar-refractivity contribution is 6.19. The standard InChI is InChI=1S/C16H14ClNO2/c1-19-15-7-8-16(13(11-15)5-4-9-17)20-12-14-6-2-3-10-18-14/h2-3,6-8,10-11H,9,12H2,1H3. The second-order valence-corrected chi connectivity index (χ2v) is 4.17. The van der Waals surface area contributed by atoms with Crippen molar-refractivity contribution in [3.8, 4) is 23.3 Å². The normalized spacial score (nSPS) is 9.50. The topological polar surface area (TPSA) is 31.4 Å². The number of hydrogen-bond acceptors (Lipinski definition) is 3. The number of aromatic nitrogens is 1. The Labute approximate surface area is 123 Å². The molecular formula is C16H14ClNO2. The Morgan fingerprint density at radius 2 is 2.15 bits per heavy atom. The molecule has 0 spiro atoms. The monoisotopic (exact) mass is 287 g/mol. The van der Waals surface area contributed by atoms with E-state index in [2.05, 4.69) is 16.8 Å². The third kappa shape index (κ3) is 3.91. The number of methoxy groups -OCH3 is 1. The van der Waals surface area contributed by atoms with Gasteiger partial charge < -0.3 is 9.47 Å². The van der Waals surface area contributed by atoms with E-state index in [-0.39, 0.29) is 5.88 Å². The van der Waals surface area contributed by atoms with Gasteiger partial charge in [-0.3, -0.25) is 4.98 Å². The summed E-state index contributed by atoms with van der Waals surface area (Å²) in [7, 11) is 1.61. The molecule has 2 aromatic rings. The van der Waals surface area contributed by atoms with Crippen LogP contribution in [0.4, 0.5) is 0 Å². The van der Waals surface area contributed by atoms with Crippen LogP contribution in [0.3, 0.4) is 0 Å². The second-order valence-electron chi connectivity index (χ2n) is 3.91. The van der Waals surface area contributed by atoms with Crippen molar-refractivity contribution in [3.63, 3.8) is 0 Å². The first kappa shape index (κ1) is 14.2. The molecule has 20 heavy (non-hydrogen) atoms. The Balaban J connectivity index is 2.17. The highest BCUT2D eigenvalue weighted by atomic mass is 35.5. The van der Waals surface area contributed by atoms with Crippen LogP contribution >= 0.6 is 11.6 Å². The number of halogens is 1. The van der Waals surface area contributed by atoms with Crippen molar-refractivity contribution in [3.05, 3.63) is 53.9 Å². The predicted molar refractivity (Wildman–Crippen MR) is 79.2 cm³/mol. The van der Waals surface area contributed by atoms with Gasteiger partial charge in [0.05, 0.1) is 24.2 Å². The van der Waals surface area contributed by atoms with Gasteiger partial charge in [-0.15, -0.1) is 11.6 Å². The lowest BCUT2D eigenvalue weighted by atomic mass is 10.2. The van der Waals surface area contributed by atoms with E-state index < -0.39 is 0 Å². The zero-order valence-electron chi connectivity index (χ0n) is 11.1.